The smallest absolute Gasteiger partial charge is 0.394 e. The average molecular weight is 664 g/mol. The number of ether oxygens (including phenoxy) is 2. The largest absolute Gasteiger partial charge is 0.416 e. The van der Waals surface area contributed by atoms with Gasteiger partial charge in [0, 0.05) is 18.4 Å². The summed E-state index contributed by atoms with van der Waals surface area (Å²) in [7, 11) is 0. The zero-order chi connectivity index (χ0) is 32.9. The van der Waals surface area contributed by atoms with Crippen molar-refractivity contribution in [3.05, 3.63) is 71.2 Å². The van der Waals surface area contributed by atoms with E-state index >= 15 is 0 Å². The first kappa shape index (κ1) is 33.6. The van der Waals surface area contributed by atoms with Crippen LogP contribution in [0.2, 0.25) is 0 Å². The molecule has 9 nitrogen and oxygen atoms in total. The highest BCUT2D eigenvalue weighted by Crippen LogP contribution is 2.53. The normalized spacial score (nSPS) is 29.5. The molecular weight excluding hydrogens is 632 g/mol. The Bertz CT molecular complexity index is 1500. The van der Waals surface area contributed by atoms with Gasteiger partial charge in [-0.3, -0.25) is 0 Å². The monoisotopic (exact) mass is 663 g/mol. The number of aromatic nitrogens is 3. The first-order valence-corrected chi connectivity index (χ1v) is 14.9. The van der Waals surface area contributed by atoms with Gasteiger partial charge in [-0.15, -0.1) is 16.9 Å². The van der Waals surface area contributed by atoms with Crippen LogP contribution < -0.4 is 0 Å². The summed E-state index contributed by atoms with van der Waals surface area (Å²) in [6.45, 7) is 2.65. The fourth-order valence-electron chi connectivity index (χ4n) is 5.96. The van der Waals surface area contributed by atoms with E-state index in [-0.39, 0.29) is 36.3 Å². The summed E-state index contributed by atoms with van der Waals surface area (Å²) in [6.07, 6.45) is -8.51. The second-order valence-electron chi connectivity index (χ2n) is 11.8. The van der Waals surface area contributed by atoms with E-state index in [2.05, 4.69) is 10.3 Å². The van der Waals surface area contributed by atoms with E-state index in [0.29, 0.717) is 23.9 Å². The van der Waals surface area contributed by atoms with Crippen molar-refractivity contribution in [1.82, 2.24) is 15.0 Å². The molecule has 2 aromatic carbocycles. The first-order chi connectivity index (χ1) is 21.0. The van der Waals surface area contributed by atoms with Crippen molar-refractivity contribution < 1.29 is 56.2 Å². The van der Waals surface area contributed by atoms with Crippen molar-refractivity contribution in [3.8, 4) is 11.3 Å². The van der Waals surface area contributed by atoms with E-state index in [9.17, 15) is 46.8 Å². The summed E-state index contributed by atoms with van der Waals surface area (Å²) in [5.41, 5.74) is -5.75. The third-order valence-corrected chi connectivity index (χ3v) is 9.63. The molecule has 2 fully saturated rings. The topological polar surface area (TPSA) is 130 Å². The summed E-state index contributed by atoms with van der Waals surface area (Å²) < 4.78 is 96.4. The Hall–Kier alpha value is -2.73. The van der Waals surface area contributed by atoms with E-state index in [1.165, 1.54) is 18.2 Å². The summed E-state index contributed by atoms with van der Waals surface area (Å²) in [5.74, 6) is -4.66. The van der Waals surface area contributed by atoms with Crippen LogP contribution in [0.5, 0.6) is 0 Å². The lowest BCUT2D eigenvalue weighted by Crippen LogP contribution is -2.56. The van der Waals surface area contributed by atoms with Gasteiger partial charge in [-0.1, -0.05) is 23.4 Å². The molecule has 3 heterocycles. The van der Waals surface area contributed by atoms with Crippen LogP contribution in [0.25, 0.3) is 11.3 Å². The Labute approximate surface area is 257 Å². The van der Waals surface area contributed by atoms with Gasteiger partial charge < -0.3 is 29.9 Å². The molecule has 0 bridgehead atoms. The van der Waals surface area contributed by atoms with Crippen LogP contribution in [0.4, 0.5) is 26.3 Å². The van der Waals surface area contributed by atoms with Crippen LogP contribution in [-0.4, -0.2) is 83.6 Å². The third kappa shape index (κ3) is 6.73. The minimum atomic E-state index is -4.79. The fourth-order valence-corrected chi connectivity index (χ4v) is 7.57. The van der Waals surface area contributed by atoms with Gasteiger partial charge in [-0.2, -0.15) is 13.2 Å². The van der Waals surface area contributed by atoms with Gasteiger partial charge in [0.2, 0.25) is 0 Å². The lowest BCUT2D eigenvalue weighted by molar-refractivity contribution is -0.179. The highest BCUT2D eigenvalue weighted by molar-refractivity contribution is 8.00. The summed E-state index contributed by atoms with van der Waals surface area (Å²) >= 11 is 0.689. The van der Waals surface area contributed by atoms with Crippen LogP contribution in [-0.2, 0) is 15.7 Å². The van der Waals surface area contributed by atoms with Crippen molar-refractivity contribution in [2.24, 2.45) is 0 Å². The van der Waals surface area contributed by atoms with Gasteiger partial charge in [-0.25, -0.2) is 17.9 Å². The molecule has 0 radical (unpaired) electrons. The third-order valence-electron chi connectivity index (χ3n) is 8.01. The molecule has 4 N–H and O–H groups in total. The predicted octanol–water partition coefficient (Wildman–Crippen LogP) is 4.16. The lowest BCUT2D eigenvalue weighted by Gasteiger charge is -2.48. The van der Waals surface area contributed by atoms with Gasteiger partial charge in [-0.05, 0) is 37.6 Å². The van der Waals surface area contributed by atoms with Crippen LogP contribution in [0.1, 0.15) is 49.1 Å². The highest BCUT2D eigenvalue weighted by Gasteiger charge is 2.53. The van der Waals surface area contributed by atoms with Crippen LogP contribution in [0.15, 0.2) is 42.6 Å². The molecule has 0 saturated carbocycles. The number of alkyl halides is 3. The number of halogens is 6. The van der Waals surface area contributed by atoms with E-state index in [1.54, 1.807) is 13.8 Å². The number of thioether (sulfide) groups is 1. The molecule has 5 rings (SSSR count). The molecule has 2 aliphatic heterocycles. The molecule has 0 spiro atoms. The van der Waals surface area contributed by atoms with Crippen molar-refractivity contribution in [2.75, 3.05) is 13.2 Å². The van der Waals surface area contributed by atoms with Crippen molar-refractivity contribution in [2.45, 2.75) is 79.1 Å². The summed E-state index contributed by atoms with van der Waals surface area (Å²) in [4.78, 5) is 0. The Kier molecular flexibility index (Phi) is 9.32. The summed E-state index contributed by atoms with van der Waals surface area (Å²) in [6, 6.07) is 4.66. The van der Waals surface area contributed by atoms with E-state index in [0.717, 1.165) is 16.9 Å². The molecule has 7 atom stereocenters. The molecular formula is C29H31F6N3O6S. The molecule has 16 heteroatoms. The second kappa shape index (κ2) is 12.5. The molecule has 0 unspecified atom stereocenters. The number of benzene rings is 2. The van der Waals surface area contributed by atoms with E-state index in [1.807, 2.05) is 0 Å². The zero-order valence-electron chi connectivity index (χ0n) is 24.0. The summed E-state index contributed by atoms with van der Waals surface area (Å²) in [5, 5.41) is 50.8. The van der Waals surface area contributed by atoms with Crippen LogP contribution in [0.3, 0.4) is 0 Å². The first-order valence-electron chi connectivity index (χ1n) is 13.9. The maximum absolute atomic E-state index is 14.2. The Morgan fingerprint density at radius 3 is 2.38 bits per heavy atom. The Balaban J connectivity index is 1.53. The SMILES string of the molecule is CC1(C)C[C@](O)([C@H](S[C@@H]2O[C@H](CO)[C@H](O)[C@H](n3cc(-c4cc(F)c(F)c(F)c4)nn3)[C@H]2O)c2ccccc2C(F)(F)F)CCO1. The van der Waals surface area contributed by atoms with Crippen LogP contribution >= 0.6 is 11.8 Å². The van der Waals surface area contributed by atoms with Crippen molar-refractivity contribution in [1.29, 1.82) is 0 Å². The minimum Gasteiger partial charge on any atom is -0.394 e. The fraction of sp³-hybridized carbons (Fsp3) is 0.517. The number of nitrogens with zero attached hydrogens (tertiary/aromatic N) is 3. The van der Waals surface area contributed by atoms with Gasteiger partial charge in [0.1, 0.15) is 35.5 Å². The molecule has 0 aliphatic carbocycles. The predicted molar refractivity (Wildman–Crippen MR) is 148 cm³/mol. The van der Waals surface area contributed by atoms with Gasteiger partial charge in [0.05, 0.1) is 41.4 Å². The van der Waals surface area contributed by atoms with Gasteiger partial charge >= 0.3 is 6.18 Å². The molecule has 3 aromatic rings. The average Bonchev–Trinajstić information content (AvgIpc) is 3.44. The van der Waals surface area contributed by atoms with E-state index in [4.69, 9.17) is 9.47 Å². The molecule has 1 aromatic heterocycles. The molecule has 246 valence electrons. The van der Waals surface area contributed by atoms with Crippen molar-refractivity contribution in [3.63, 3.8) is 0 Å². The van der Waals surface area contributed by atoms with Gasteiger partial charge in [0.25, 0.3) is 0 Å². The zero-order valence-corrected chi connectivity index (χ0v) is 24.8. The number of hydrogen-bond acceptors (Lipinski definition) is 9. The molecule has 2 aliphatic rings. The van der Waals surface area contributed by atoms with Crippen molar-refractivity contribution >= 4 is 11.8 Å². The number of rotatable bonds is 7. The second-order valence-corrected chi connectivity index (χ2v) is 13.0. The highest BCUT2D eigenvalue weighted by atomic mass is 32.2. The maximum atomic E-state index is 14.2. The molecule has 0 amide bonds. The lowest BCUT2D eigenvalue weighted by atomic mass is 9.79. The molecule has 45 heavy (non-hydrogen) atoms. The Morgan fingerprint density at radius 1 is 1.09 bits per heavy atom. The number of aliphatic hydroxyl groups is 4. The maximum Gasteiger partial charge on any atom is 0.416 e. The minimum absolute atomic E-state index is 0.0374. The number of aliphatic hydroxyl groups excluding tert-OH is 3. The molecule has 2 saturated heterocycles. The number of hydrogen-bond donors (Lipinski definition) is 4. The van der Waals surface area contributed by atoms with Crippen LogP contribution in [0, 0.1) is 17.5 Å². The van der Waals surface area contributed by atoms with E-state index < -0.39 is 82.0 Å². The van der Waals surface area contributed by atoms with Gasteiger partial charge in [0.15, 0.2) is 17.5 Å². The quantitative estimate of drug-likeness (QED) is 0.218. The standard InChI is InChI=1S/C29H31F6N3O6S/c1-27(2)13-28(42,7-8-43-27)25(15-5-3-4-6-16(15)29(33,34)35)45-26-24(41)22(23(40)20(12-39)44-26)38-11-19(36-37-38)14-9-17(30)21(32)18(31)10-14/h3-6,9-11,20,22-26,39-42H,7-8,12-13H2,1-2H3/t20-,22+,23+,24-,25-,26+,28+/m1/s1. The Morgan fingerprint density at radius 2 is 1.76 bits per heavy atom.